The fraction of sp³-hybridized carbons (Fsp3) is 0.353. The monoisotopic (exact) mass is 387 g/mol. The lowest BCUT2D eigenvalue weighted by Crippen LogP contribution is -2.44. The summed E-state index contributed by atoms with van der Waals surface area (Å²) in [6.45, 7) is 2.85. The SMILES string of the molecule is Cc1cc(-c2cc(C(N)=O)c3ncnc(N[C@@H]4CNC[C@@H](F)C4)c3n2)sn1. The van der Waals surface area contributed by atoms with Crippen LogP contribution in [0.4, 0.5) is 10.2 Å². The number of primary amides is 1. The Kier molecular flexibility index (Phi) is 4.66. The maximum atomic E-state index is 13.7. The number of rotatable bonds is 4. The predicted molar refractivity (Wildman–Crippen MR) is 101 cm³/mol. The molecule has 27 heavy (non-hydrogen) atoms. The van der Waals surface area contributed by atoms with Crippen LogP contribution < -0.4 is 16.4 Å². The highest BCUT2D eigenvalue weighted by molar-refractivity contribution is 7.09. The largest absolute Gasteiger partial charge is 0.366 e. The third-order valence-corrected chi connectivity index (χ3v) is 5.28. The van der Waals surface area contributed by atoms with E-state index in [0.29, 0.717) is 42.1 Å². The van der Waals surface area contributed by atoms with Gasteiger partial charge in [0.1, 0.15) is 23.5 Å². The van der Waals surface area contributed by atoms with Gasteiger partial charge in [0.05, 0.1) is 21.8 Å². The van der Waals surface area contributed by atoms with Crippen LogP contribution in [-0.2, 0) is 0 Å². The normalized spacial score (nSPS) is 19.9. The first-order valence-corrected chi connectivity index (χ1v) is 9.29. The van der Waals surface area contributed by atoms with Gasteiger partial charge in [0.25, 0.3) is 5.91 Å². The fourth-order valence-electron chi connectivity index (χ4n) is 3.14. The Morgan fingerprint density at radius 2 is 2.19 bits per heavy atom. The molecule has 1 fully saturated rings. The van der Waals surface area contributed by atoms with E-state index in [-0.39, 0.29) is 11.6 Å². The molecule has 140 valence electrons. The number of halogens is 1. The summed E-state index contributed by atoms with van der Waals surface area (Å²) in [4.78, 5) is 25.9. The molecular weight excluding hydrogens is 369 g/mol. The number of anilines is 1. The van der Waals surface area contributed by atoms with Gasteiger partial charge in [-0.15, -0.1) is 0 Å². The maximum absolute atomic E-state index is 13.7. The predicted octanol–water partition coefficient (Wildman–Crippen LogP) is 1.67. The third kappa shape index (κ3) is 3.58. The molecule has 0 saturated carbocycles. The number of nitrogens with zero attached hydrogens (tertiary/aromatic N) is 4. The van der Waals surface area contributed by atoms with Gasteiger partial charge in [-0.2, -0.15) is 4.37 Å². The van der Waals surface area contributed by atoms with Gasteiger partial charge < -0.3 is 16.4 Å². The minimum absolute atomic E-state index is 0.139. The van der Waals surface area contributed by atoms with E-state index >= 15 is 0 Å². The van der Waals surface area contributed by atoms with Gasteiger partial charge in [0, 0.05) is 25.6 Å². The van der Waals surface area contributed by atoms with E-state index in [4.69, 9.17) is 5.73 Å². The lowest BCUT2D eigenvalue weighted by atomic mass is 10.1. The second kappa shape index (κ2) is 7.12. The molecule has 4 heterocycles. The molecule has 1 aliphatic rings. The summed E-state index contributed by atoms with van der Waals surface area (Å²) in [5.41, 5.74) is 8.06. The van der Waals surface area contributed by atoms with Crippen LogP contribution in [0.3, 0.4) is 0 Å². The van der Waals surface area contributed by atoms with Gasteiger partial charge >= 0.3 is 0 Å². The average Bonchev–Trinajstić information content (AvgIpc) is 3.07. The van der Waals surface area contributed by atoms with E-state index < -0.39 is 12.1 Å². The number of amides is 1. The number of alkyl halides is 1. The molecule has 0 bridgehead atoms. The highest BCUT2D eigenvalue weighted by atomic mass is 32.1. The number of hydrogen-bond donors (Lipinski definition) is 3. The molecule has 0 aromatic carbocycles. The van der Waals surface area contributed by atoms with Crippen molar-refractivity contribution in [2.24, 2.45) is 5.73 Å². The van der Waals surface area contributed by atoms with E-state index in [2.05, 4.69) is 30.0 Å². The van der Waals surface area contributed by atoms with E-state index in [1.807, 2.05) is 13.0 Å². The quantitative estimate of drug-likeness (QED) is 0.623. The van der Waals surface area contributed by atoms with Crippen molar-refractivity contribution in [2.45, 2.75) is 25.6 Å². The number of piperidine rings is 1. The molecule has 3 aromatic rings. The lowest BCUT2D eigenvalue weighted by Gasteiger charge is -2.27. The number of carbonyl (C=O) groups is 1. The van der Waals surface area contributed by atoms with Crippen molar-refractivity contribution in [3.63, 3.8) is 0 Å². The van der Waals surface area contributed by atoms with Crippen molar-refractivity contribution in [1.29, 1.82) is 0 Å². The van der Waals surface area contributed by atoms with Crippen LogP contribution in [0, 0.1) is 6.92 Å². The number of nitrogens with one attached hydrogen (secondary N) is 2. The standard InChI is InChI=1S/C17H18FN7OS/c1-8-2-13(27-25-8)12-4-11(16(19)26)14-15(24-12)17(22-7-21-14)23-10-3-9(18)5-20-6-10/h2,4,7,9-10,20H,3,5-6H2,1H3,(H2,19,26)(H,21,22,23)/t9-,10-/m0/s1. The first kappa shape index (κ1) is 17.7. The van der Waals surface area contributed by atoms with Crippen LogP contribution in [0.25, 0.3) is 21.6 Å². The molecule has 8 nitrogen and oxygen atoms in total. The molecule has 0 radical (unpaired) electrons. The van der Waals surface area contributed by atoms with Crippen molar-refractivity contribution in [3.8, 4) is 10.6 Å². The molecule has 0 unspecified atom stereocenters. The van der Waals surface area contributed by atoms with Crippen molar-refractivity contribution in [2.75, 3.05) is 18.4 Å². The molecule has 2 atom stereocenters. The number of nitrogens with two attached hydrogens (primary N) is 1. The third-order valence-electron chi connectivity index (χ3n) is 4.37. The molecule has 1 aliphatic heterocycles. The molecule has 4 N–H and O–H groups in total. The zero-order chi connectivity index (χ0) is 19.0. The minimum Gasteiger partial charge on any atom is -0.366 e. The molecular formula is C17H18FN7OS. The molecule has 0 spiro atoms. The van der Waals surface area contributed by atoms with Crippen molar-refractivity contribution in [1.82, 2.24) is 24.6 Å². The molecule has 10 heteroatoms. The Morgan fingerprint density at radius 1 is 1.33 bits per heavy atom. The summed E-state index contributed by atoms with van der Waals surface area (Å²) in [7, 11) is 0. The molecule has 0 aliphatic carbocycles. The summed E-state index contributed by atoms with van der Waals surface area (Å²) in [5, 5.41) is 6.26. The van der Waals surface area contributed by atoms with Crippen LogP contribution >= 0.6 is 11.5 Å². The number of aromatic nitrogens is 4. The Morgan fingerprint density at radius 3 is 2.89 bits per heavy atom. The zero-order valence-corrected chi connectivity index (χ0v) is 15.4. The molecule has 4 rings (SSSR count). The minimum atomic E-state index is -0.922. The summed E-state index contributed by atoms with van der Waals surface area (Å²) < 4.78 is 18.0. The smallest absolute Gasteiger partial charge is 0.251 e. The van der Waals surface area contributed by atoms with E-state index in [1.165, 1.54) is 17.9 Å². The van der Waals surface area contributed by atoms with Gasteiger partial charge in [0.15, 0.2) is 5.82 Å². The van der Waals surface area contributed by atoms with Crippen molar-refractivity contribution >= 4 is 34.3 Å². The lowest BCUT2D eigenvalue weighted by molar-refractivity contribution is 0.100. The first-order chi connectivity index (χ1) is 13.0. The van der Waals surface area contributed by atoms with Crippen LogP contribution in [-0.4, -0.2) is 50.5 Å². The average molecular weight is 387 g/mol. The molecule has 1 saturated heterocycles. The summed E-state index contributed by atoms with van der Waals surface area (Å²) in [5.74, 6) is -0.149. The summed E-state index contributed by atoms with van der Waals surface area (Å²) in [6.07, 6.45) is 0.794. The maximum Gasteiger partial charge on any atom is 0.251 e. The molecule has 3 aromatic heterocycles. The van der Waals surface area contributed by atoms with E-state index in [9.17, 15) is 9.18 Å². The van der Waals surface area contributed by atoms with Crippen LogP contribution in [0.15, 0.2) is 18.5 Å². The van der Waals surface area contributed by atoms with E-state index in [0.717, 1.165) is 10.6 Å². The van der Waals surface area contributed by atoms with Crippen molar-refractivity contribution < 1.29 is 9.18 Å². The Labute approximate surface area is 158 Å². The van der Waals surface area contributed by atoms with Gasteiger partial charge in [-0.3, -0.25) is 4.79 Å². The van der Waals surface area contributed by atoms with Gasteiger partial charge in [0.2, 0.25) is 0 Å². The highest BCUT2D eigenvalue weighted by Crippen LogP contribution is 2.29. The highest BCUT2D eigenvalue weighted by Gasteiger charge is 2.23. The Bertz CT molecular complexity index is 1010. The van der Waals surface area contributed by atoms with Gasteiger partial charge in [-0.05, 0) is 30.6 Å². The number of aryl methyl sites for hydroxylation is 1. The van der Waals surface area contributed by atoms with Gasteiger partial charge in [-0.1, -0.05) is 0 Å². The van der Waals surface area contributed by atoms with Crippen molar-refractivity contribution in [3.05, 3.63) is 29.7 Å². The Hall–Kier alpha value is -2.72. The zero-order valence-electron chi connectivity index (χ0n) is 14.6. The van der Waals surface area contributed by atoms with Crippen LogP contribution in [0.2, 0.25) is 0 Å². The second-order valence-electron chi connectivity index (χ2n) is 6.50. The first-order valence-electron chi connectivity index (χ1n) is 8.52. The number of pyridine rings is 1. The summed E-state index contributed by atoms with van der Waals surface area (Å²) in [6, 6.07) is 3.37. The van der Waals surface area contributed by atoms with Crippen LogP contribution in [0.1, 0.15) is 22.5 Å². The fourth-order valence-corrected chi connectivity index (χ4v) is 3.85. The number of hydrogen-bond acceptors (Lipinski definition) is 8. The second-order valence-corrected chi connectivity index (χ2v) is 7.31. The van der Waals surface area contributed by atoms with Gasteiger partial charge in [-0.25, -0.2) is 19.3 Å². The van der Waals surface area contributed by atoms with Crippen LogP contribution in [0.5, 0.6) is 0 Å². The molecule has 1 amide bonds. The number of carbonyl (C=O) groups excluding carboxylic acids is 1. The number of fused-ring (bicyclic) bond motifs is 1. The Balaban J connectivity index is 1.82. The van der Waals surface area contributed by atoms with E-state index in [1.54, 1.807) is 6.07 Å². The topological polar surface area (TPSA) is 119 Å². The summed E-state index contributed by atoms with van der Waals surface area (Å²) >= 11 is 1.29.